The molecule has 0 radical (unpaired) electrons. The average molecular weight is 157 g/mol. The fraction of sp³-hybridized carbons (Fsp3) is 0.500. The van der Waals surface area contributed by atoms with Crippen molar-refractivity contribution in [3.8, 4) is 0 Å². The number of thiol groups is 1. The summed E-state index contributed by atoms with van der Waals surface area (Å²) in [6.45, 7) is 2.78. The molecule has 2 N–H and O–H groups in total. The normalized spacial score (nSPS) is 13.4. The van der Waals surface area contributed by atoms with Gasteiger partial charge in [-0.3, -0.25) is 5.10 Å². The highest BCUT2D eigenvalue weighted by Gasteiger charge is 1.94. The van der Waals surface area contributed by atoms with Gasteiger partial charge in [0.15, 0.2) is 0 Å². The van der Waals surface area contributed by atoms with Gasteiger partial charge < -0.3 is 5.32 Å². The molecule has 0 saturated carbocycles. The first kappa shape index (κ1) is 7.63. The topological polar surface area (TPSA) is 40.7 Å². The lowest BCUT2D eigenvalue weighted by Gasteiger charge is -2.03. The summed E-state index contributed by atoms with van der Waals surface area (Å²) in [5.74, 6) is 0. The van der Waals surface area contributed by atoms with Crippen molar-refractivity contribution in [1.29, 1.82) is 0 Å². The van der Waals surface area contributed by atoms with Gasteiger partial charge in [-0.1, -0.05) is 0 Å². The van der Waals surface area contributed by atoms with Crippen molar-refractivity contribution < 1.29 is 0 Å². The molecule has 0 aliphatic rings. The standard InChI is InChI=1S/C6H11N3S/c1-5(10)7-4-6-2-3-8-9-6/h2-3,5,7,10H,4H2,1H3,(H,8,9)/t5-/m0/s1. The summed E-state index contributed by atoms with van der Waals surface area (Å²) in [6.07, 6.45) is 1.74. The average Bonchev–Trinajstić information content (AvgIpc) is 2.34. The van der Waals surface area contributed by atoms with Crippen molar-refractivity contribution in [1.82, 2.24) is 15.5 Å². The lowest BCUT2D eigenvalue weighted by molar-refractivity contribution is 0.675. The third kappa shape index (κ3) is 2.41. The summed E-state index contributed by atoms with van der Waals surface area (Å²) in [7, 11) is 0. The molecule has 4 heteroatoms. The minimum atomic E-state index is 0.225. The van der Waals surface area contributed by atoms with Gasteiger partial charge in [-0.25, -0.2) is 0 Å². The number of aromatic amines is 1. The van der Waals surface area contributed by atoms with E-state index in [1.807, 2.05) is 13.0 Å². The Bertz CT molecular complexity index is 171. The molecule has 3 nitrogen and oxygen atoms in total. The molecule has 1 aromatic rings. The van der Waals surface area contributed by atoms with E-state index in [-0.39, 0.29) is 5.37 Å². The summed E-state index contributed by atoms with van der Waals surface area (Å²) in [4.78, 5) is 0. The zero-order chi connectivity index (χ0) is 7.40. The van der Waals surface area contributed by atoms with Crippen LogP contribution >= 0.6 is 12.6 Å². The van der Waals surface area contributed by atoms with Crippen molar-refractivity contribution in [2.45, 2.75) is 18.8 Å². The molecule has 0 fully saturated rings. The van der Waals surface area contributed by atoms with Crippen LogP contribution in [0, 0.1) is 0 Å². The quantitative estimate of drug-likeness (QED) is 0.448. The van der Waals surface area contributed by atoms with Crippen LogP contribution in [-0.2, 0) is 6.54 Å². The third-order valence-corrected chi connectivity index (χ3v) is 1.33. The molecule has 0 bridgehead atoms. The van der Waals surface area contributed by atoms with Crippen LogP contribution in [-0.4, -0.2) is 15.6 Å². The maximum atomic E-state index is 4.16. The highest BCUT2D eigenvalue weighted by Crippen LogP contribution is 1.93. The van der Waals surface area contributed by atoms with E-state index in [0.29, 0.717) is 0 Å². The van der Waals surface area contributed by atoms with Crippen LogP contribution in [0.5, 0.6) is 0 Å². The maximum absolute atomic E-state index is 4.16. The van der Waals surface area contributed by atoms with E-state index in [0.717, 1.165) is 12.2 Å². The van der Waals surface area contributed by atoms with Crippen molar-refractivity contribution in [3.05, 3.63) is 18.0 Å². The number of rotatable bonds is 3. The zero-order valence-corrected chi connectivity index (χ0v) is 6.73. The SMILES string of the molecule is C[C@H](S)NCc1ccn[nH]1. The molecule has 1 aromatic heterocycles. The van der Waals surface area contributed by atoms with Crippen LogP contribution in [0.4, 0.5) is 0 Å². The van der Waals surface area contributed by atoms with Crippen molar-refractivity contribution in [2.75, 3.05) is 0 Å². The number of H-pyrrole nitrogens is 1. The molecular weight excluding hydrogens is 146 g/mol. The second-order valence-corrected chi connectivity index (χ2v) is 2.91. The second-order valence-electron chi connectivity index (χ2n) is 2.14. The molecule has 1 rings (SSSR count). The Labute approximate surface area is 65.6 Å². The van der Waals surface area contributed by atoms with Crippen molar-refractivity contribution in [2.24, 2.45) is 0 Å². The van der Waals surface area contributed by atoms with E-state index in [1.54, 1.807) is 6.20 Å². The fourth-order valence-electron chi connectivity index (χ4n) is 0.641. The van der Waals surface area contributed by atoms with Crippen molar-refractivity contribution >= 4 is 12.6 Å². The molecule has 10 heavy (non-hydrogen) atoms. The summed E-state index contributed by atoms with van der Waals surface area (Å²) in [5.41, 5.74) is 1.08. The predicted molar refractivity (Wildman–Crippen MR) is 43.9 cm³/mol. The largest absolute Gasteiger partial charge is 0.300 e. The number of hydrogen-bond donors (Lipinski definition) is 3. The van der Waals surface area contributed by atoms with E-state index < -0.39 is 0 Å². The van der Waals surface area contributed by atoms with Gasteiger partial charge in [-0.2, -0.15) is 17.7 Å². The van der Waals surface area contributed by atoms with Gasteiger partial charge in [0, 0.05) is 23.8 Å². The van der Waals surface area contributed by atoms with Gasteiger partial charge in [0.1, 0.15) is 0 Å². The van der Waals surface area contributed by atoms with Gasteiger partial charge >= 0.3 is 0 Å². The van der Waals surface area contributed by atoms with E-state index in [9.17, 15) is 0 Å². The number of nitrogens with zero attached hydrogens (tertiary/aromatic N) is 1. The van der Waals surface area contributed by atoms with Crippen LogP contribution in [0.1, 0.15) is 12.6 Å². The van der Waals surface area contributed by atoms with E-state index in [4.69, 9.17) is 0 Å². The lowest BCUT2D eigenvalue weighted by atomic mass is 10.4. The summed E-state index contributed by atoms with van der Waals surface area (Å²) in [5, 5.41) is 10.0. The maximum Gasteiger partial charge on any atom is 0.0490 e. The van der Waals surface area contributed by atoms with Gasteiger partial charge in [-0.15, -0.1) is 0 Å². The van der Waals surface area contributed by atoms with Gasteiger partial charge in [0.25, 0.3) is 0 Å². The Kier molecular flexibility index (Phi) is 2.77. The predicted octanol–water partition coefficient (Wildman–Crippen LogP) is 0.775. The second kappa shape index (κ2) is 3.63. The van der Waals surface area contributed by atoms with E-state index in [1.165, 1.54) is 0 Å². The fourth-order valence-corrected chi connectivity index (χ4v) is 0.732. The zero-order valence-electron chi connectivity index (χ0n) is 5.83. The Morgan fingerprint density at radius 3 is 3.20 bits per heavy atom. The summed E-state index contributed by atoms with van der Waals surface area (Å²) >= 11 is 4.16. The van der Waals surface area contributed by atoms with Gasteiger partial charge in [0.2, 0.25) is 0 Å². The molecule has 0 saturated heterocycles. The van der Waals surface area contributed by atoms with E-state index in [2.05, 4.69) is 28.1 Å². The number of nitrogens with one attached hydrogen (secondary N) is 2. The lowest BCUT2D eigenvalue weighted by Crippen LogP contribution is -2.19. The van der Waals surface area contributed by atoms with Crippen LogP contribution in [0.25, 0.3) is 0 Å². The minimum absolute atomic E-state index is 0.225. The van der Waals surface area contributed by atoms with E-state index >= 15 is 0 Å². The Balaban J connectivity index is 2.28. The first-order chi connectivity index (χ1) is 4.79. The molecule has 0 aliphatic carbocycles. The molecule has 0 aliphatic heterocycles. The minimum Gasteiger partial charge on any atom is -0.300 e. The van der Waals surface area contributed by atoms with Crippen LogP contribution < -0.4 is 5.32 Å². The van der Waals surface area contributed by atoms with Crippen LogP contribution in [0.3, 0.4) is 0 Å². The third-order valence-electron chi connectivity index (χ3n) is 1.15. The molecule has 0 aromatic carbocycles. The Morgan fingerprint density at radius 1 is 1.90 bits per heavy atom. The first-order valence-corrected chi connectivity index (χ1v) is 3.70. The number of aromatic nitrogens is 2. The number of hydrogen-bond acceptors (Lipinski definition) is 3. The Morgan fingerprint density at radius 2 is 2.70 bits per heavy atom. The molecule has 56 valence electrons. The highest BCUT2D eigenvalue weighted by atomic mass is 32.1. The highest BCUT2D eigenvalue weighted by molar-refractivity contribution is 7.80. The monoisotopic (exact) mass is 157 g/mol. The molecule has 1 atom stereocenters. The molecule has 0 spiro atoms. The van der Waals surface area contributed by atoms with Crippen molar-refractivity contribution in [3.63, 3.8) is 0 Å². The smallest absolute Gasteiger partial charge is 0.0490 e. The first-order valence-electron chi connectivity index (χ1n) is 3.19. The van der Waals surface area contributed by atoms with Gasteiger partial charge in [-0.05, 0) is 13.0 Å². The molecule has 0 amide bonds. The van der Waals surface area contributed by atoms with Gasteiger partial charge in [0.05, 0.1) is 0 Å². The van der Waals surface area contributed by atoms with Crippen LogP contribution in [0.2, 0.25) is 0 Å². The molecule has 0 unspecified atom stereocenters. The molecular formula is C6H11N3S. The summed E-state index contributed by atoms with van der Waals surface area (Å²) < 4.78 is 0. The molecule has 1 heterocycles. The van der Waals surface area contributed by atoms with Crippen LogP contribution in [0.15, 0.2) is 12.3 Å². The Hall–Kier alpha value is -0.480. The summed E-state index contributed by atoms with van der Waals surface area (Å²) in [6, 6.07) is 1.93.